The second-order valence-corrected chi connectivity index (χ2v) is 3.90. The Bertz CT molecular complexity index is 415. The lowest BCUT2D eigenvalue weighted by Crippen LogP contribution is -2.04. The zero-order valence-electron chi connectivity index (χ0n) is 8.16. The number of halogens is 1. The number of nitrogens with zero attached hydrogens (tertiary/aromatic N) is 1. The summed E-state index contributed by atoms with van der Waals surface area (Å²) in [5.41, 5.74) is 0.755. The summed E-state index contributed by atoms with van der Waals surface area (Å²) in [6, 6.07) is 1.41. The van der Waals surface area contributed by atoms with Crippen LogP contribution in [0.15, 0.2) is 6.07 Å². The van der Waals surface area contributed by atoms with E-state index in [9.17, 15) is 4.79 Å². The molecule has 1 fully saturated rings. The summed E-state index contributed by atoms with van der Waals surface area (Å²) in [6.45, 7) is 0. The van der Waals surface area contributed by atoms with Crippen LogP contribution in [0.3, 0.4) is 0 Å². The first kappa shape index (κ1) is 10.2. The average Bonchev–Trinajstić information content (AvgIpc) is 3.00. The fourth-order valence-electron chi connectivity index (χ4n) is 1.44. The van der Waals surface area contributed by atoms with Gasteiger partial charge in [0.15, 0.2) is 0 Å². The van der Waals surface area contributed by atoms with Crippen LogP contribution in [0.2, 0.25) is 5.02 Å². The summed E-state index contributed by atoms with van der Waals surface area (Å²) in [4.78, 5) is 15.0. The van der Waals surface area contributed by atoms with Crippen LogP contribution in [0.5, 0.6) is 5.88 Å². The average molecular weight is 228 g/mol. The molecule has 1 N–H and O–H groups in total. The van der Waals surface area contributed by atoms with Crippen LogP contribution in [0.4, 0.5) is 0 Å². The SMILES string of the molecule is COc1nc(C2CC2)c(Cl)cc1C(=O)O. The Hall–Kier alpha value is -1.29. The van der Waals surface area contributed by atoms with Crippen LogP contribution in [0.25, 0.3) is 0 Å². The molecule has 1 saturated carbocycles. The van der Waals surface area contributed by atoms with Crippen molar-refractivity contribution in [3.8, 4) is 5.88 Å². The van der Waals surface area contributed by atoms with E-state index in [-0.39, 0.29) is 11.4 Å². The summed E-state index contributed by atoms with van der Waals surface area (Å²) in [5, 5.41) is 9.30. The van der Waals surface area contributed by atoms with Gasteiger partial charge in [0.25, 0.3) is 0 Å². The van der Waals surface area contributed by atoms with E-state index in [2.05, 4.69) is 4.98 Å². The van der Waals surface area contributed by atoms with E-state index < -0.39 is 5.97 Å². The highest BCUT2D eigenvalue weighted by Gasteiger charge is 2.29. The van der Waals surface area contributed by atoms with Crippen molar-refractivity contribution in [2.75, 3.05) is 7.11 Å². The molecule has 0 atom stereocenters. The maximum Gasteiger partial charge on any atom is 0.341 e. The maximum absolute atomic E-state index is 10.9. The number of carbonyl (C=O) groups is 1. The molecule has 0 bridgehead atoms. The van der Waals surface area contributed by atoms with Crippen LogP contribution in [-0.2, 0) is 0 Å². The first-order valence-electron chi connectivity index (χ1n) is 4.61. The molecule has 15 heavy (non-hydrogen) atoms. The topological polar surface area (TPSA) is 59.4 Å². The second-order valence-electron chi connectivity index (χ2n) is 3.49. The summed E-state index contributed by atoms with van der Waals surface area (Å²) >= 11 is 5.96. The van der Waals surface area contributed by atoms with Gasteiger partial charge in [-0.05, 0) is 18.9 Å². The van der Waals surface area contributed by atoms with Gasteiger partial charge in [0.05, 0.1) is 17.8 Å². The number of rotatable bonds is 3. The molecule has 5 heteroatoms. The zero-order valence-corrected chi connectivity index (χ0v) is 8.91. The van der Waals surface area contributed by atoms with Crippen molar-refractivity contribution in [3.63, 3.8) is 0 Å². The predicted octanol–water partition coefficient (Wildman–Crippen LogP) is 2.32. The highest BCUT2D eigenvalue weighted by atomic mass is 35.5. The molecule has 2 rings (SSSR count). The molecular weight excluding hydrogens is 218 g/mol. The first-order valence-corrected chi connectivity index (χ1v) is 4.99. The number of carboxylic acids is 1. The second kappa shape index (κ2) is 3.70. The number of carboxylic acid groups (broad SMARTS) is 1. The van der Waals surface area contributed by atoms with Crippen molar-refractivity contribution in [1.82, 2.24) is 4.98 Å². The smallest absolute Gasteiger partial charge is 0.341 e. The van der Waals surface area contributed by atoms with Crippen LogP contribution in [0.1, 0.15) is 34.8 Å². The normalized spacial score (nSPS) is 15.1. The van der Waals surface area contributed by atoms with Crippen molar-refractivity contribution >= 4 is 17.6 Å². The van der Waals surface area contributed by atoms with Gasteiger partial charge in [-0.1, -0.05) is 11.6 Å². The fourth-order valence-corrected chi connectivity index (χ4v) is 1.74. The molecular formula is C10H10ClNO3. The molecule has 0 aliphatic heterocycles. The van der Waals surface area contributed by atoms with Gasteiger partial charge in [-0.25, -0.2) is 9.78 Å². The number of pyridine rings is 1. The molecule has 0 radical (unpaired) electrons. The highest BCUT2D eigenvalue weighted by molar-refractivity contribution is 6.31. The van der Waals surface area contributed by atoms with Crippen LogP contribution in [-0.4, -0.2) is 23.2 Å². The molecule has 0 saturated heterocycles. The van der Waals surface area contributed by atoms with E-state index in [0.29, 0.717) is 10.9 Å². The monoisotopic (exact) mass is 227 g/mol. The van der Waals surface area contributed by atoms with Gasteiger partial charge in [-0.2, -0.15) is 0 Å². The lowest BCUT2D eigenvalue weighted by Gasteiger charge is -2.07. The van der Waals surface area contributed by atoms with Crippen molar-refractivity contribution in [3.05, 3.63) is 22.3 Å². The summed E-state index contributed by atoms with van der Waals surface area (Å²) in [6.07, 6.45) is 2.12. The quantitative estimate of drug-likeness (QED) is 0.861. The summed E-state index contributed by atoms with van der Waals surface area (Å²) in [7, 11) is 1.40. The van der Waals surface area contributed by atoms with Gasteiger partial charge in [0.1, 0.15) is 5.56 Å². The van der Waals surface area contributed by atoms with Crippen LogP contribution < -0.4 is 4.74 Å². The van der Waals surface area contributed by atoms with Gasteiger partial charge >= 0.3 is 5.97 Å². The summed E-state index contributed by atoms with van der Waals surface area (Å²) in [5.74, 6) is -0.577. The van der Waals surface area contributed by atoms with Gasteiger partial charge in [0, 0.05) is 5.92 Å². The van der Waals surface area contributed by atoms with E-state index >= 15 is 0 Å². The third-order valence-corrected chi connectivity index (χ3v) is 2.66. The largest absolute Gasteiger partial charge is 0.480 e. The van der Waals surface area contributed by atoms with Gasteiger partial charge in [-0.15, -0.1) is 0 Å². The minimum Gasteiger partial charge on any atom is -0.480 e. The fraction of sp³-hybridized carbons (Fsp3) is 0.400. The number of aromatic carboxylic acids is 1. The first-order chi connectivity index (χ1) is 7.13. The lowest BCUT2D eigenvalue weighted by molar-refractivity contribution is 0.0692. The van der Waals surface area contributed by atoms with Gasteiger partial charge in [-0.3, -0.25) is 0 Å². The van der Waals surface area contributed by atoms with E-state index in [4.69, 9.17) is 21.4 Å². The van der Waals surface area contributed by atoms with Gasteiger partial charge < -0.3 is 9.84 Å². The molecule has 0 aromatic carbocycles. The molecule has 0 amide bonds. The summed E-state index contributed by atoms with van der Waals surface area (Å²) < 4.78 is 4.93. The molecule has 1 aliphatic rings. The molecule has 0 spiro atoms. The highest BCUT2D eigenvalue weighted by Crippen LogP contribution is 2.43. The zero-order chi connectivity index (χ0) is 11.0. The van der Waals surface area contributed by atoms with E-state index in [0.717, 1.165) is 18.5 Å². The van der Waals surface area contributed by atoms with Crippen molar-refractivity contribution < 1.29 is 14.6 Å². The number of methoxy groups -OCH3 is 1. The Labute approximate surface area is 91.8 Å². The molecule has 80 valence electrons. The molecule has 1 aromatic heterocycles. The van der Waals surface area contributed by atoms with E-state index in [1.165, 1.54) is 13.2 Å². The van der Waals surface area contributed by atoms with Crippen LogP contribution in [0, 0.1) is 0 Å². The number of ether oxygens (including phenoxy) is 1. The molecule has 1 aliphatic carbocycles. The molecule has 0 unspecified atom stereocenters. The van der Waals surface area contributed by atoms with E-state index in [1.807, 2.05) is 0 Å². The van der Waals surface area contributed by atoms with Crippen molar-refractivity contribution in [2.24, 2.45) is 0 Å². The Morgan fingerprint density at radius 3 is 2.80 bits per heavy atom. The van der Waals surface area contributed by atoms with Crippen LogP contribution >= 0.6 is 11.6 Å². The Kier molecular flexibility index (Phi) is 2.52. The number of hydrogen-bond acceptors (Lipinski definition) is 3. The maximum atomic E-state index is 10.9. The Morgan fingerprint density at radius 2 is 2.33 bits per heavy atom. The van der Waals surface area contributed by atoms with Gasteiger partial charge in [0.2, 0.25) is 5.88 Å². The lowest BCUT2D eigenvalue weighted by atomic mass is 10.2. The number of hydrogen-bond donors (Lipinski definition) is 1. The molecule has 1 heterocycles. The Balaban J connectivity index is 2.49. The molecule has 4 nitrogen and oxygen atoms in total. The molecule has 1 aromatic rings. The predicted molar refractivity (Wildman–Crippen MR) is 54.7 cm³/mol. The standard InChI is InChI=1S/C10H10ClNO3/c1-15-9-6(10(13)14)4-7(11)8(12-9)5-2-3-5/h4-5H,2-3H2,1H3,(H,13,14). The minimum absolute atomic E-state index is 0.00639. The minimum atomic E-state index is -1.08. The third kappa shape index (κ3) is 1.90. The third-order valence-electron chi connectivity index (χ3n) is 2.36. The Morgan fingerprint density at radius 1 is 1.67 bits per heavy atom. The van der Waals surface area contributed by atoms with Crippen molar-refractivity contribution in [2.45, 2.75) is 18.8 Å². The number of aromatic nitrogens is 1. The van der Waals surface area contributed by atoms with Crippen molar-refractivity contribution in [1.29, 1.82) is 0 Å². The van der Waals surface area contributed by atoms with E-state index in [1.54, 1.807) is 0 Å².